The van der Waals surface area contributed by atoms with Crippen molar-refractivity contribution in [3.8, 4) is 22.4 Å². The van der Waals surface area contributed by atoms with E-state index in [-0.39, 0.29) is 24.4 Å². The molecule has 5 nitrogen and oxygen atoms in total. The number of benzene rings is 2. The Hall–Kier alpha value is -3.51. The van der Waals surface area contributed by atoms with E-state index in [1.807, 2.05) is 37.3 Å². The molecule has 4 aromatic rings. The van der Waals surface area contributed by atoms with Crippen LogP contribution in [0.25, 0.3) is 33.4 Å². The standard InChI is InChI=1S/C24H22FN3O2/c1-2-21(14-29)27-24(30)17-5-3-4-16(10-17)19-11-18-12-22(28-23(18)26-13-19)15-6-8-20(25)9-7-15/h3-13,21,29H,2,14H2,1H3,(H,26,28)(H,27,30)/t21-/m1/s1. The molecule has 1 atom stereocenters. The highest BCUT2D eigenvalue weighted by Crippen LogP contribution is 2.27. The SMILES string of the molecule is CC[C@H](CO)NC(=O)c1cccc(-c2cnc3[nH]c(-c4ccc(F)cc4)cc3c2)c1. The number of aliphatic hydroxyl groups excluding tert-OH is 1. The van der Waals surface area contributed by atoms with Gasteiger partial charge in [0.1, 0.15) is 11.5 Å². The number of nitrogens with one attached hydrogen (secondary N) is 2. The number of nitrogens with zero attached hydrogens (tertiary/aromatic N) is 1. The van der Waals surface area contributed by atoms with Gasteiger partial charge in [-0.2, -0.15) is 0 Å². The number of carbonyl (C=O) groups is 1. The molecule has 0 aliphatic rings. The van der Waals surface area contributed by atoms with Crippen molar-refractivity contribution in [1.82, 2.24) is 15.3 Å². The maximum absolute atomic E-state index is 13.2. The number of H-pyrrole nitrogens is 1. The van der Waals surface area contributed by atoms with Gasteiger partial charge in [-0.25, -0.2) is 9.37 Å². The summed E-state index contributed by atoms with van der Waals surface area (Å²) in [7, 11) is 0. The van der Waals surface area contributed by atoms with E-state index in [4.69, 9.17) is 0 Å². The lowest BCUT2D eigenvalue weighted by molar-refractivity contribution is 0.0915. The zero-order valence-electron chi connectivity index (χ0n) is 16.5. The third kappa shape index (κ3) is 4.09. The van der Waals surface area contributed by atoms with E-state index in [1.165, 1.54) is 12.1 Å². The molecule has 0 radical (unpaired) electrons. The quantitative estimate of drug-likeness (QED) is 0.442. The minimum absolute atomic E-state index is 0.0909. The van der Waals surface area contributed by atoms with Gasteiger partial charge in [0.05, 0.1) is 12.6 Å². The third-order valence-corrected chi connectivity index (χ3v) is 5.13. The van der Waals surface area contributed by atoms with Gasteiger partial charge in [0.2, 0.25) is 0 Å². The van der Waals surface area contributed by atoms with Crippen LogP contribution in [0.3, 0.4) is 0 Å². The van der Waals surface area contributed by atoms with Gasteiger partial charge in [-0.3, -0.25) is 4.79 Å². The predicted octanol–water partition coefficient (Wildman–Crippen LogP) is 4.54. The number of hydrogen-bond donors (Lipinski definition) is 3. The van der Waals surface area contributed by atoms with Gasteiger partial charge >= 0.3 is 0 Å². The maximum atomic E-state index is 13.2. The highest BCUT2D eigenvalue weighted by molar-refractivity contribution is 5.96. The summed E-state index contributed by atoms with van der Waals surface area (Å²) >= 11 is 0. The summed E-state index contributed by atoms with van der Waals surface area (Å²) in [5.41, 5.74) is 4.76. The van der Waals surface area contributed by atoms with Gasteiger partial charge in [-0.1, -0.05) is 19.1 Å². The molecular formula is C24H22FN3O2. The molecule has 2 aromatic heterocycles. The van der Waals surface area contributed by atoms with Crippen LogP contribution in [-0.2, 0) is 0 Å². The first-order valence-electron chi connectivity index (χ1n) is 9.84. The van der Waals surface area contributed by atoms with Crippen LogP contribution in [-0.4, -0.2) is 33.6 Å². The normalized spacial score (nSPS) is 12.1. The van der Waals surface area contributed by atoms with Crippen LogP contribution < -0.4 is 5.32 Å². The number of carbonyl (C=O) groups excluding carboxylic acids is 1. The van der Waals surface area contributed by atoms with E-state index in [1.54, 1.807) is 24.4 Å². The number of hydrogen-bond acceptors (Lipinski definition) is 3. The summed E-state index contributed by atoms with van der Waals surface area (Å²) < 4.78 is 13.2. The van der Waals surface area contributed by atoms with Gasteiger partial charge in [0.15, 0.2) is 0 Å². The summed E-state index contributed by atoms with van der Waals surface area (Å²) in [4.78, 5) is 20.2. The fourth-order valence-corrected chi connectivity index (χ4v) is 3.34. The molecule has 4 rings (SSSR count). The average Bonchev–Trinajstić information content (AvgIpc) is 3.21. The minimum atomic E-state index is -0.275. The molecule has 0 saturated heterocycles. The van der Waals surface area contributed by atoms with Crippen molar-refractivity contribution in [2.24, 2.45) is 0 Å². The van der Waals surface area contributed by atoms with Crippen molar-refractivity contribution < 1.29 is 14.3 Å². The van der Waals surface area contributed by atoms with Crippen LogP contribution >= 0.6 is 0 Å². The molecule has 6 heteroatoms. The van der Waals surface area contributed by atoms with E-state index >= 15 is 0 Å². The van der Waals surface area contributed by atoms with Crippen LogP contribution in [0, 0.1) is 5.82 Å². The number of aromatic nitrogens is 2. The molecule has 3 N–H and O–H groups in total. The number of amides is 1. The predicted molar refractivity (Wildman–Crippen MR) is 116 cm³/mol. The summed E-state index contributed by atoms with van der Waals surface area (Å²) in [6, 6.07) is 17.3. The Morgan fingerprint density at radius 1 is 1.10 bits per heavy atom. The van der Waals surface area contributed by atoms with Gasteiger partial charge < -0.3 is 15.4 Å². The second-order valence-corrected chi connectivity index (χ2v) is 7.19. The molecule has 2 heterocycles. The first kappa shape index (κ1) is 19.8. The van der Waals surface area contributed by atoms with Gasteiger partial charge in [-0.05, 0) is 66.1 Å². The number of pyridine rings is 1. The Labute approximate surface area is 173 Å². The number of halogens is 1. The van der Waals surface area contributed by atoms with Crippen molar-refractivity contribution in [3.05, 3.63) is 78.2 Å². The molecule has 0 unspecified atom stereocenters. The molecule has 30 heavy (non-hydrogen) atoms. The lowest BCUT2D eigenvalue weighted by Crippen LogP contribution is -2.36. The fraction of sp³-hybridized carbons (Fsp3) is 0.167. The van der Waals surface area contributed by atoms with Crippen molar-refractivity contribution in [3.63, 3.8) is 0 Å². The Morgan fingerprint density at radius 2 is 1.90 bits per heavy atom. The average molecular weight is 403 g/mol. The fourth-order valence-electron chi connectivity index (χ4n) is 3.34. The van der Waals surface area contributed by atoms with E-state index < -0.39 is 0 Å². The lowest BCUT2D eigenvalue weighted by atomic mass is 10.0. The summed E-state index contributed by atoms with van der Waals surface area (Å²) in [5.74, 6) is -0.490. The molecular weight excluding hydrogens is 381 g/mol. The smallest absolute Gasteiger partial charge is 0.251 e. The largest absolute Gasteiger partial charge is 0.394 e. The Balaban J connectivity index is 1.63. The lowest BCUT2D eigenvalue weighted by Gasteiger charge is -2.14. The Kier molecular flexibility index (Phi) is 5.59. The molecule has 0 saturated carbocycles. The zero-order chi connectivity index (χ0) is 21.1. The van der Waals surface area contributed by atoms with Gasteiger partial charge in [-0.15, -0.1) is 0 Å². The number of fused-ring (bicyclic) bond motifs is 1. The number of rotatable bonds is 6. The van der Waals surface area contributed by atoms with Crippen molar-refractivity contribution in [1.29, 1.82) is 0 Å². The summed E-state index contributed by atoms with van der Waals surface area (Å²) in [5, 5.41) is 13.1. The second kappa shape index (κ2) is 8.47. The first-order valence-corrected chi connectivity index (χ1v) is 9.84. The summed E-state index contributed by atoms with van der Waals surface area (Å²) in [6.07, 6.45) is 2.42. The molecule has 0 aliphatic carbocycles. The monoisotopic (exact) mass is 403 g/mol. The van der Waals surface area contributed by atoms with Crippen molar-refractivity contribution in [2.45, 2.75) is 19.4 Å². The van der Waals surface area contributed by atoms with E-state index in [9.17, 15) is 14.3 Å². The molecule has 152 valence electrons. The van der Waals surface area contributed by atoms with E-state index in [0.717, 1.165) is 33.4 Å². The van der Waals surface area contributed by atoms with E-state index in [0.29, 0.717) is 12.0 Å². The maximum Gasteiger partial charge on any atom is 0.251 e. The molecule has 0 bridgehead atoms. The number of aliphatic hydroxyl groups is 1. The van der Waals surface area contributed by atoms with Crippen LogP contribution in [0.2, 0.25) is 0 Å². The highest BCUT2D eigenvalue weighted by Gasteiger charge is 2.13. The molecule has 0 spiro atoms. The van der Waals surface area contributed by atoms with Crippen LogP contribution in [0.4, 0.5) is 4.39 Å². The third-order valence-electron chi connectivity index (χ3n) is 5.13. The highest BCUT2D eigenvalue weighted by atomic mass is 19.1. The first-order chi connectivity index (χ1) is 14.6. The zero-order valence-corrected chi connectivity index (χ0v) is 16.5. The van der Waals surface area contributed by atoms with Gasteiger partial charge in [0.25, 0.3) is 5.91 Å². The number of aromatic amines is 1. The van der Waals surface area contributed by atoms with Crippen LogP contribution in [0.5, 0.6) is 0 Å². The Morgan fingerprint density at radius 3 is 2.63 bits per heavy atom. The summed E-state index contributed by atoms with van der Waals surface area (Å²) in [6.45, 7) is 1.82. The second-order valence-electron chi connectivity index (χ2n) is 7.19. The molecule has 0 fully saturated rings. The van der Waals surface area contributed by atoms with E-state index in [2.05, 4.69) is 15.3 Å². The van der Waals surface area contributed by atoms with Crippen LogP contribution in [0.1, 0.15) is 23.7 Å². The van der Waals surface area contributed by atoms with Crippen molar-refractivity contribution >= 4 is 16.9 Å². The van der Waals surface area contributed by atoms with Crippen molar-refractivity contribution in [2.75, 3.05) is 6.61 Å². The Bertz CT molecular complexity index is 1180. The minimum Gasteiger partial charge on any atom is -0.394 e. The molecule has 1 amide bonds. The molecule has 2 aromatic carbocycles. The molecule has 0 aliphatic heterocycles. The van der Waals surface area contributed by atoms with Gasteiger partial charge in [0, 0.05) is 28.4 Å². The topological polar surface area (TPSA) is 78.0 Å². The van der Waals surface area contributed by atoms with Crippen LogP contribution in [0.15, 0.2) is 66.9 Å².